The van der Waals surface area contributed by atoms with Crippen LogP contribution in [-0.4, -0.2) is 27.9 Å². The van der Waals surface area contributed by atoms with E-state index in [1.54, 1.807) is 0 Å². The molecule has 0 radical (unpaired) electrons. The van der Waals surface area contributed by atoms with E-state index >= 15 is 0 Å². The van der Waals surface area contributed by atoms with Crippen molar-refractivity contribution in [2.75, 3.05) is 11.1 Å². The minimum atomic E-state index is -5.74. The summed E-state index contributed by atoms with van der Waals surface area (Å²) < 4.78 is 122. The Morgan fingerprint density at radius 1 is 0.828 bits per heavy atom. The minimum Gasteiger partial charge on any atom is -0.397 e. The largest absolute Gasteiger partial charge is 0.501 e. The monoisotopic (exact) mass is 482 g/mol. The first kappa shape index (κ1) is 23.1. The average molecular weight is 483 g/mol. The van der Waals surface area contributed by atoms with Crippen LogP contribution in [0.15, 0.2) is 46.2 Å². The van der Waals surface area contributed by atoms with Crippen LogP contribution in [0.1, 0.15) is 0 Å². The first-order valence-corrected chi connectivity index (χ1v) is 10.4. The van der Waals surface area contributed by atoms with E-state index < -0.39 is 45.5 Å². The van der Waals surface area contributed by atoms with Gasteiger partial charge in [0, 0.05) is 5.69 Å². The molecule has 0 bridgehead atoms. The van der Waals surface area contributed by atoms with Crippen molar-refractivity contribution in [3.63, 3.8) is 0 Å². The highest BCUT2D eigenvalue weighted by molar-refractivity contribution is 7.92. The van der Waals surface area contributed by atoms with Crippen LogP contribution in [0.25, 0.3) is 0 Å². The average Bonchev–Trinajstić information content (AvgIpc) is 2.54. The molecule has 0 aliphatic rings. The van der Waals surface area contributed by atoms with Gasteiger partial charge in [-0.15, -0.1) is 0 Å². The molecule has 2 rings (SSSR count). The van der Waals surface area contributed by atoms with E-state index in [0.717, 1.165) is 18.2 Å². The van der Waals surface area contributed by atoms with Crippen LogP contribution in [0.3, 0.4) is 0 Å². The lowest BCUT2D eigenvalue weighted by Gasteiger charge is -2.14. The maximum atomic E-state index is 12.7. The Kier molecular flexibility index (Phi) is 5.77. The van der Waals surface area contributed by atoms with Crippen molar-refractivity contribution in [1.82, 2.24) is 0 Å². The van der Waals surface area contributed by atoms with Crippen LogP contribution in [0.4, 0.5) is 43.4 Å². The quantitative estimate of drug-likeness (QED) is 0.498. The number of nitrogens with two attached hydrogens (primary N) is 1. The number of hydrogen-bond acceptors (Lipinski definition) is 6. The molecule has 0 saturated heterocycles. The van der Waals surface area contributed by atoms with E-state index in [4.69, 9.17) is 17.3 Å². The lowest BCUT2D eigenvalue weighted by atomic mass is 10.2. The van der Waals surface area contributed by atoms with Gasteiger partial charge in [0.2, 0.25) is 0 Å². The van der Waals surface area contributed by atoms with E-state index in [1.807, 2.05) is 0 Å². The van der Waals surface area contributed by atoms with E-state index in [2.05, 4.69) is 5.32 Å². The number of nitrogen functional groups attached to an aromatic ring is 1. The lowest BCUT2D eigenvalue weighted by Crippen LogP contribution is -2.23. The van der Waals surface area contributed by atoms with Crippen molar-refractivity contribution in [3.05, 3.63) is 41.4 Å². The fourth-order valence-corrected chi connectivity index (χ4v) is 4.11. The van der Waals surface area contributed by atoms with Crippen LogP contribution in [0.5, 0.6) is 0 Å². The van der Waals surface area contributed by atoms with E-state index in [0.29, 0.717) is 18.2 Å². The molecule has 3 N–H and O–H groups in total. The standard InChI is InChI=1S/C14H9ClF6N2O4S2/c15-9-5-7(1-4-12(9)29(26,27)14(19,20)21)23-11-6-8(2-3-10(11)22)28(24,25)13(16,17)18/h1-6,23H,22H2. The van der Waals surface area contributed by atoms with Gasteiger partial charge < -0.3 is 11.1 Å². The molecule has 2 aromatic carbocycles. The Labute approximate surface area is 165 Å². The molecular weight excluding hydrogens is 474 g/mol. The summed E-state index contributed by atoms with van der Waals surface area (Å²) in [6.07, 6.45) is 0. The predicted octanol–water partition coefficient (Wildman–Crippen LogP) is 4.25. The van der Waals surface area contributed by atoms with Crippen molar-refractivity contribution in [2.45, 2.75) is 20.8 Å². The Bertz CT molecular complexity index is 1160. The van der Waals surface area contributed by atoms with Gasteiger partial charge in [0.1, 0.15) is 0 Å². The van der Waals surface area contributed by atoms with Gasteiger partial charge in [-0.1, -0.05) is 11.6 Å². The Hall–Kier alpha value is -2.19. The SMILES string of the molecule is Nc1ccc(S(=O)(=O)C(F)(F)F)cc1Nc1ccc(S(=O)(=O)C(F)(F)F)c(Cl)c1. The molecule has 0 fully saturated rings. The zero-order valence-corrected chi connectivity index (χ0v) is 16.0. The molecule has 160 valence electrons. The fraction of sp³-hybridized carbons (Fsp3) is 0.143. The lowest BCUT2D eigenvalue weighted by molar-refractivity contribution is -0.0442. The fourth-order valence-electron chi connectivity index (χ4n) is 2.02. The summed E-state index contributed by atoms with van der Waals surface area (Å²) >= 11 is 5.59. The van der Waals surface area contributed by atoms with Crippen molar-refractivity contribution in [1.29, 1.82) is 0 Å². The van der Waals surface area contributed by atoms with E-state index in [1.165, 1.54) is 0 Å². The normalized spacial score (nSPS) is 13.3. The summed E-state index contributed by atoms with van der Waals surface area (Å²) in [6, 6.07) is 4.17. The second-order valence-electron chi connectivity index (χ2n) is 5.42. The summed E-state index contributed by atoms with van der Waals surface area (Å²) in [7, 11) is -11.4. The third-order valence-electron chi connectivity index (χ3n) is 3.44. The second-order valence-corrected chi connectivity index (χ2v) is 9.68. The van der Waals surface area contributed by atoms with Gasteiger partial charge in [-0.25, -0.2) is 16.8 Å². The van der Waals surface area contributed by atoms with E-state index in [9.17, 15) is 43.2 Å². The second kappa shape index (κ2) is 7.25. The van der Waals surface area contributed by atoms with Crippen molar-refractivity contribution >= 4 is 48.3 Å². The summed E-state index contributed by atoms with van der Waals surface area (Å²) in [5.74, 6) is 0. The minimum absolute atomic E-state index is 0.163. The summed E-state index contributed by atoms with van der Waals surface area (Å²) in [4.78, 5) is -2.37. The highest BCUT2D eigenvalue weighted by atomic mass is 35.5. The molecule has 29 heavy (non-hydrogen) atoms. The molecule has 2 aromatic rings. The Morgan fingerprint density at radius 2 is 1.38 bits per heavy atom. The third kappa shape index (κ3) is 4.38. The number of alkyl halides is 6. The van der Waals surface area contributed by atoms with Gasteiger partial charge in [-0.05, 0) is 36.4 Å². The molecule has 0 aliphatic carbocycles. The molecule has 0 amide bonds. The van der Waals surface area contributed by atoms with Crippen LogP contribution in [0, 0.1) is 0 Å². The molecule has 0 unspecified atom stereocenters. The van der Waals surface area contributed by atoms with Gasteiger partial charge in [0.05, 0.1) is 26.2 Å². The molecule has 0 saturated carbocycles. The van der Waals surface area contributed by atoms with Crippen molar-refractivity contribution in [2.24, 2.45) is 0 Å². The van der Waals surface area contributed by atoms with Gasteiger partial charge in [-0.2, -0.15) is 26.3 Å². The topological polar surface area (TPSA) is 106 Å². The zero-order valence-electron chi connectivity index (χ0n) is 13.6. The molecule has 0 aliphatic heterocycles. The first-order chi connectivity index (χ1) is 13.0. The third-order valence-corrected chi connectivity index (χ3v) is 6.90. The summed E-state index contributed by atoms with van der Waals surface area (Å²) in [5, 5.41) is 1.55. The maximum Gasteiger partial charge on any atom is 0.501 e. The van der Waals surface area contributed by atoms with Gasteiger partial charge in [-0.3, -0.25) is 0 Å². The number of benzene rings is 2. The molecular formula is C14H9ClF6N2O4S2. The summed E-state index contributed by atoms with van der Waals surface area (Å²) in [6.45, 7) is 0. The molecule has 6 nitrogen and oxygen atoms in total. The molecule has 0 atom stereocenters. The maximum absolute atomic E-state index is 12.7. The van der Waals surface area contributed by atoms with Gasteiger partial charge in [0.25, 0.3) is 19.7 Å². The molecule has 0 aromatic heterocycles. The number of hydrogen-bond donors (Lipinski definition) is 2. The Morgan fingerprint density at radius 3 is 1.86 bits per heavy atom. The number of nitrogens with one attached hydrogen (secondary N) is 1. The molecule has 0 spiro atoms. The Balaban J connectivity index is 2.46. The van der Waals surface area contributed by atoms with Gasteiger partial charge >= 0.3 is 11.0 Å². The van der Waals surface area contributed by atoms with Crippen LogP contribution >= 0.6 is 11.6 Å². The molecule has 15 heteroatoms. The van der Waals surface area contributed by atoms with Crippen LogP contribution < -0.4 is 11.1 Å². The number of sulfone groups is 2. The number of anilines is 3. The van der Waals surface area contributed by atoms with Crippen molar-refractivity contribution < 1.29 is 43.2 Å². The predicted molar refractivity (Wildman–Crippen MR) is 92.1 cm³/mol. The first-order valence-electron chi connectivity index (χ1n) is 7.07. The van der Waals surface area contributed by atoms with Crippen LogP contribution in [0.2, 0.25) is 5.02 Å². The highest BCUT2D eigenvalue weighted by Gasteiger charge is 2.48. The van der Waals surface area contributed by atoms with E-state index in [-0.39, 0.29) is 17.1 Å². The van der Waals surface area contributed by atoms with Crippen molar-refractivity contribution in [3.8, 4) is 0 Å². The van der Waals surface area contributed by atoms with Gasteiger partial charge in [0.15, 0.2) is 0 Å². The summed E-state index contributed by atoms with van der Waals surface area (Å²) in [5.41, 5.74) is -6.30. The highest BCUT2D eigenvalue weighted by Crippen LogP contribution is 2.37. The van der Waals surface area contributed by atoms with Crippen LogP contribution in [-0.2, 0) is 19.7 Å². The zero-order chi connectivity index (χ0) is 22.4. The number of halogens is 7. The molecule has 0 heterocycles. The number of rotatable bonds is 4. The smallest absolute Gasteiger partial charge is 0.397 e.